The molecule has 0 spiro atoms. The first kappa shape index (κ1) is 20.8. The predicted molar refractivity (Wildman–Crippen MR) is 119 cm³/mol. The standard InChI is InChI=1S/C22H26N2O2S2/c1-27-19-11-7-17(8-12-19)23-21(25)15-3-5-16(6-4-15)22(26)24-18-9-13-20(28-2)14-10-18/h7-16H,3-6H2,1-2H3,(H,23,25)(H,24,26). The zero-order valence-electron chi connectivity index (χ0n) is 16.2. The summed E-state index contributed by atoms with van der Waals surface area (Å²) in [4.78, 5) is 27.4. The van der Waals surface area contributed by atoms with Crippen LogP contribution in [0.4, 0.5) is 11.4 Å². The van der Waals surface area contributed by atoms with Gasteiger partial charge in [0.2, 0.25) is 11.8 Å². The van der Waals surface area contributed by atoms with E-state index in [2.05, 4.69) is 10.6 Å². The number of amides is 2. The highest BCUT2D eigenvalue weighted by molar-refractivity contribution is 7.98. The smallest absolute Gasteiger partial charge is 0.227 e. The molecule has 0 bridgehead atoms. The van der Waals surface area contributed by atoms with Crippen molar-refractivity contribution in [3.8, 4) is 0 Å². The topological polar surface area (TPSA) is 58.2 Å². The summed E-state index contributed by atoms with van der Waals surface area (Å²) >= 11 is 3.36. The van der Waals surface area contributed by atoms with Gasteiger partial charge in [0.1, 0.15) is 0 Å². The zero-order chi connectivity index (χ0) is 19.9. The molecule has 1 aliphatic carbocycles. The van der Waals surface area contributed by atoms with Gasteiger partial charge in [-0.3, -0.25) is 9.59 Å². The van der Waals surface area contributed by atoms with Crippen molar-refractivity contribution in [1.29, 1.82) is 0 Å². The molecule has 2 aromatic carbocycles. The van der Waals surface area contributed by atoms with Gasteiger partial charge in [-0.1, -0.05) is 0 Å². The SMILES string of the molecule is CSc1ccc(NC(=O)C2CCC(C(=O)Nc3ccc(SC)cc3)CC2)cc1. The Balaban J connectivity index is 1.47. The molecule has 0 heterocycles. The number of thioether (sulfide) groups is 2. The quantitative estimate of drug-likeness (QED) is 0.612. The summed E-state index contributed by atoms with van der Waals surface area (Å²) in [6.45, 7) is 0. The maximum atomic E-state index is 12.5. The summed E-state index contributed by atoms with van der Waals surface area (Å²) in [5, 5.41) is 6.01. The monoisotopic (exact) mass is 414 g/mol. The molecule has 148 valence electrons. The van der Waals surface area contributed by atoms with E-state index in [4.69, 9.17) is 0 Å². The third-order valence-electron chi connectivity index (χ3n) is 5.18. The van der Waals surface area contributed by atoms with Crippen molar-refractivity contribution in [2.45, 2.75) is 35.5 Å². The minimum atomic E-state index is -0.0230. The minimum Gasteiger partial charge on any atom is -0.326 e. The summed E-state index contributed by atoms with van der Waals surface area (Å²) in [7, 11) is 0. The average molecular weight is 415 g/mol. The Bertz CT molecular complexity index is 729. The number of hydrogen-bond donors (Lipinski definition) is 2. The van der Waals surface area contributed by atoms with Crippen LogP contribution in [0.5, 0.6) is 0 Å². The third-order valence-corrected chi connectivity index (χ3v) is 6.67. The highest BCUT2D eigenvalue weighted by Gasteiger charge is 2.30. The van der Waals surface area contributed by atoms with E-state index in [-0.39, 0.29) is 23.7 Å². The van der Waals surface area contributed by atoms with Crippen LogP contribution in [0.15, 0.2) is 58.3 Å². The molecule has 0 unspecified atom stereocenters. The van der Waals surface area contributed by atoms with Crippen LogP contribution in [0, 0.1) is 11.8 Å². The number of nitrogens with one attached hydrogen (secondary N) is 2. The van der Waals surface area contributed by atoms with Crippen LogP contribution in [-0.2, 0) is 9.59 Å². The molecule has 1 aliphatic rings. The first-order valence-corrected chi connectivity index (χ1v) is 11.9. The largest absolute Gasteiger partial charge is 0.326 e. The van der Waals surface area contributed by atoms with Gasteiger partial charge >= 0.3 is 0 Å². The van der Waals surface area contributed by atoms with Gasteiger partial charge in [-0.05, 0) is 86.7 Å². The van der Waals surface area contributed by atoms with Gasteiger partial charge in [-0.25, -0.2) is 0 Å². The lowest BCUT2D eigenvalue weighted by molar-refractivity contribution is -0.125. The fraction of sp³-hybridized carbons (Fsp3) is 0.364. The molecular weight excluding hydrogens is 388 g/mol. The minimum absolute atomic E-state index is 0.0230. The molecule has 0 atom stereocenters. The highest BCUT2D eigenvalue weighted by Crippen LogP contribution is 2.31. The Hall–Kier alpha value is -1.92. The molecule has 28 heavy (non-hydrogen) atoms. The molecule has 0 aliphatic heterocycles. The van der Waals surface area contributed by atoms with Crippen molar-refractivity contribution in [2.24, 2.45) is 11.8 Å². The van der Waals surface area contributed by atoms with Gasteiger partial charge in [-0.15, -0.1) is 23.5 Å². The van der Waals surface area contributed by atoms with Crippen LogP contribution in [0.3, 0.4) is 0 Å². The van der Waals surface area contributed by atoms with Gasteiger partial charge in [0.25, 0.3) is 0 Å². The number of carbonyl (C=O) groups is 2. The van der Waals surface area contributed by atoms with Crippen LogP contribution in [0.25, 0.3) is 0 Å². The van der Waals surface area contributed by atoms with E-state index in [1.807, 2.05) is 61.0 Å². The van der Waals surface area contributed by atoms with Crippen molar-refractivity contribution in [3.63, 3.8) is 0 Å². The van der Waals surface area contributed by atoms with Crippen molar-refractivity contribution in [3.05, 3.63) is 48.5 Å². The van der Waals surface area contributed by atoms with E-state index in [0.717, 1.165) is 37.1 Å². The molecule has 0 aromatic heterocycles. The van der Waals surface area contributed by atoms with E-state index in [9.17, 15) is 9.59 Å². The number of hydrogen-bond acceptors (Lipinski definition) is 4. The summed E-state index contributed by atoms with van der Waals surface area (Å²) < 4.78 is 0. The van der Waals surface area contributed by atoms with Crippen LogP contribution < -0.4 is 10.6 Å². The van der Waals surface area contributed by atoms with E-state index in [1.54, 1.807) is 23.5 Å². The van der Waals surface area contributed by atoms with E-state index in [0.29, 0.717) is 0 Å². The number of benzene rings is 2. The highest BCUT2D eigenvalue weighted by atomic mass is 32.2. The molecule has 6 heteroatoms. The third kappa shape index (κ3) is 5.55. The maximum absolute atomic E-state index is 12.5. The van der Waals surface area contributed by atoms with Crippen LogP contribution in [-0.4, -0.2) is 24.3 Å². The second kappa shape index (κ2) is 10.0. The lowest BCUT2D eigenvalue weighted by Gasteiger charge is -2.27. The van der Waals surface area contributed by atoms with E-state index in [1.165, 1.54) is 9.79 Å². The number of carbonyl (C=O) groups excluding carboxylic acids is 2. The van der Waals surface area contributed by atoms with E-state index >= 15 is 0 Å². The normalized spacial score (nSPS) is 19.1. The second-order valence-electron chi connectivity index (χ2n) is 6.98. The van der Waals surface area contributed by atoms with Crippen LogP contribution in [0.2, 0.25) is 0 Å². The van der Waals surface area contributed by atoms with Crippen molar-refractivity contribution < 1.29 is 9.59 Å². The van der Waals surface area contributed by atoms with Crippen LogP contribution >= 0.6 is 23.5 Å². The molecule has 0 radical (unpaired) electrons. The lowest BCUT2D eigenvalue weighted by Crippen LogP contribution is -2.32. The molecule has 0 saturated heterocycles. The molecule has 3 rings (SSSR count). The van der Waals surface area contributed by atoms with Crippen LogP contribution in [0.1, 0.15) is 25.7 Å². The molecule has 2 aromatic rings. The lowest BCUT2D eigenvalue weighted by atomic mass is 9.81. The Morgan fingerprint density at radius 3 is 1.29 bits per heavy atom. The zero-order valence-corrected chi connectivity index (χ0v) is 17.9. The number of anilines is 2. The van der Waals surface area contributed by atoms with Gasteiger partial charge in [0, 0.05) is 33.0 Å². The van der Waals surface area contributed by atoms with Gasteiger partial charge in [-0.2, -0.15) is 0 Å². The summed E-state index contributed by atoms with van der Waals surface area (Å²) in [5.74, 6) is 0.0714. The molecule has 4 nitrogen and oxygen atoms in total. The molecular formula is C22H26N2O2S2. The Morgan fingerprint density at radius 2 is 1.00 bits per heavy atom. The summed E-state index contributed by atoms with van der Waals surface area (Å²) in [6.07, 6.45) is 7.05. The average Bonchev–Trinajstić information content (AvgIpc) is 2.75. The summed E-state index contributed by atoms with van der Waals surface area (Å²) in [6, 6.07) is 15.8. The molecule has 2 amide bonds. The number of rotatable bonds is 6. The van der Waals surface area contributed by atoms with Gasteiger partial charge < -0.3 is 10.6 Å². The Kier molecular flexibility index (Phi) is 7.45. The first-order chi connectivity index (χ1) is 13.6. The fourth-order valence-corrected chi connectivity index (χ4v) is 4.27. The predicted octanol–water partition coefficient (Wildman–Crippen LogP) is 5.51. The summed E-state index contributed by atoms with van der Waals surface area (Å²) in [5.41, 5.74) is 1.66. The maximum Gasteiger partial charge on any atom is 0.227 e. The Morgan fingerprint density at radius 1 is 0.679 bits per heavy atom. The van der Waals surface area contributed by atoms with Gasteiger partial charge in [0.05, 0.1) is 0 Å². The second-order valence-corrected chi connectivity index (χ2v) is 8.74. The molecule has 1 fully saturated rings. The molecule has 2 N–H and O–H groups in total. The first-order valence-electron chi connectivity index (χ1n) is 9.49. The van der Waals surface area contributed by atoms with E-state index < -0.39 is 0 Å². The van der Waals surface area contributed by atoms with Crippen molar-refractivity contribution in [1.82, 2.24) is 0 Å². The molecule has 1 saturated carbocycles. The fourth-order valence-electron chi connectivity index (χ4n) is 3.46. The van der Waals surface area contributed by atoms with Crippen molar-refractivity contribution in [2.75, 3.05) is 23.1 Å². The van der Waals surface area contributed by atoms with Gasteiger partial charge in [0.15, 0.2) is 0 Å². The van der Waals surface area contributed by atoms with Crippen molar-refractivity contribution >= 4 is 46.7 Å². The Labute approximate surface area is 175 Å².